The molecule has 6 fully saturated rings. The predicted molar refractivity (Wildman–Crippen MR) is 129 cm³/mol. The van der Waals surface area contributed by atoms with Crippen molar-refractivity contribution in [2.75, 3.05) is 13.2 Å². The molecule has 4 heterocycles. The summed E-state index contributed by atoms with van der Waals surface area (Å²) in [6, 6.07) is 0. The summed E-state index contributed by atoms with van der Waals surface area (Å²) in [7, 11) is 0. The van der Waals surface area contributed by atoms with Gasteiger partial charge in [-0.2, -0.15) is 0 Å². The minimum atomic E-state index is -1.48. The van der Waals surface area contributed by atoms with E-state index in [0.717, 1.165) is 37.9 Å². The molecule has 3 saturated heterocycles. The van der Waals surface area contributed by atoms with Gasteiger partial charge in [0, 0.05) is 18.3 Å². The molecule has 196 valence electrons. The number of ketones is 1. The largest absolute Gasteiger partial charge is 0.469 e. The molecule has 8 aliphatic rings. The maximum atomic E-state index is 14.4. The van der Waals surface area contributed by atoms with E-state index >= 15 is 0 Å². The van der Waals surface area contributed by atoms with Crippen molar-refractivity contribution in [1.29, 1.82) is 0 Å². The Morgan fingerprint density at radius 1 is 1.19 bits per heavy atom. The first-order valence-electron chi connectivity index (χ1n) is 13.5. The summed E-state index contributed by atoms with van der Waals surface area (Å²) in [6.07, 6.45) is 3.95. The summed E-state index contributed by atoms with van der Waals surface area (Å²) in [5.41, 5.74) is -0.226. The third-order valence-corrected chi connectivity index (χ3v) is 10.6. The zero-order valence-corrected chi connectivity index (χ0v) is 21.8. The van der Waals surface area contributed by atoms with Crippen molar-refractivity contribution >= 4 is 5.78 Å². The number of fused-ring (bicyclic) bond motifs is 1. The normalized spacial score (nSPS) is 51.2. The van der Waals surface area contributed by atoms with Crippen molar-refractivity contribution in [3.63, 3.8) is 0 Å². The number of hydrogen-bond donors (Lipinski definition) is 1. The van der Waals surface area contributed by atoms with Gasteiger partial charge in [-0.15, -0.1) is 6.58 Å². The molecule has 8 rings (SSSR count). The molecule has 3 saturated carbocycles. The van der Waals surface area contributed by atoms with Crippen molar-refractivity contribution in [3.8, 4) is 0 Å². The summed E-state index contributed by atoms with van der Waals surface area (Å²) in [6.45, 7) is 16.9. The van der Waals surface area contributed by atoms with Gasteiger partial charge in [-0.25, -0.2) is 0 Å². The van der Waals surface area contributed by atoms with Crippen LogP contribution >= 0.6 is 0 Å². The minimum absolute atomic E-state index is 0.0622. The lowest BCUT2D eigenvalue weighted by Gasteiger charge is -2.77. The zero-order valence-electron chi connectivity index (χ0n) is 21.8. The Morgan fingerprint density at radius 2 is 1.97 bits per heavy atom. The van der Waals surface area contributed by atoms with Gasteiger partial charge < -0.3 is 28.8 Å². The number of aliphatic hydroxyl groups is 1. The summed E-state index contributed by atoms with van der Waals surface area (Å²) >= 11 is 0. The molecule has 9 atom stereocenters. The molecule has 7 nitrogen and oxygen atoms in total. The number of aliphatic hydroxyl groups excluding tert-OH is 1. The van der Waals surface area contributed by atoms with Crippen LogP contribution in [0.1, 0.15) is 59.8 Å². The van der Waals surface area contributed by atoms with Gasteiger partial charge in [0.15, 0.2) is 17.9 Å². The van der Waals surface area contributed by atoms with E-state index < -0.39 is 34.6 Å². The Morgan fingerprint density at radius 3 is 2.72 bits per heavy atom. The van der Waals surface area contributed by atoms with E-state index in [1.165, 1.54) is 5.57 Å². The van der Waals surface area contributed by atoms with Crippen LogP contribution in [-0.2, 0) is 28.5 Å². The third-order valence-electron chi connectivity index (χ3n) is 10.6. The Balaban J connectivity index is 1.48. The van der Waals surface area contributed by atoms with Crippen LogP contribution in [0.3, 0.4) is 0 Å². The van der Waals surface area contributed by atoms with E-state index in [9.17, 15) is 9.90 Å². The molecular formula is C29H38O7. The highest BCUT2D eigenvalue weighted by atomic mass is 16.8. The number of hydrogen-bond acceptors (Lipinski definition) is 7. The van der Waals surface area contributed by atoms with Crippen LogP contribution in [0.4, 0.5) is 0 Å². The number of rotatable bonds is 3. The van der Waals surface area contributed by atoms with Crippen molar-refractivity contribution < 1.29 is 33.6 Å². The maximum absolute atomic E-state index is 14.4. The summed E-state index contributed by atoms with van der Waals surface area (Å²) in [5, 5.41) is 12.4. The quantitative estimate of drug-likeness (QED) is 0.465. The number of carbonyl (C=O) groups is 1. The number of allylic oxidation sites excluding steroid dienone is 1. The van der Waals surface area contributed by atoms with Gasteiger partial charge in [0.2, 0.25) is 5.79 Å². The van der Waals surface area contributed by atoms with Gasteiger partial charge in [0.25, 0.3) is 0 Å². The maximum Gasteiger partial charge on any atom is 0.213 e. The number of ether oxygens (including phenoxy) is 5. The lowest BCUT2D eigenvalue weighted by molar-refractivity contribution is -0.527. The molecule has 0 aromatic rings. The molecule has 0 aromatic carbocycles. The lowest BCUT2D eigenvalue weighted by Crippen LogP contribution is -2.87. The van der Waals surface area contributed by atoms with E-state index in [1.54, 1.807) is 6.08 Å². The summed E-state index contributed by atoms with van der Waals surface area (Å²) < 4.78 is 32.6. The van der Waals surface area contributed by atoms with E-state index in [2.05, 4.69) is 27.0 Å². The predicted octanol–water partition coefficient (Wildman–Crippen LogP) is 4.02. The average molecular weight is 499 g/mol. The molecule has 7 heteroatoms. The first-order valence-corrected chi connectivity index (χ1v) is 13.5. The molecule has 4 aliphatic carbocycles. The molecule has 3 spiro atoms. The van der Waals surface area contributed by atoms with E-state index in [1.807, 2.05) is 13.8 Å². The van der Waals surface area contributed by atoms with E-state index in [4.69, 9.17) is 23.7 Å². The fraction of sp³-hybridized carbons (Fsp3) is 0.759. The Hall–Kier alpha value is -1.51. The number of carbonyl (C=O) groups excluding carboxylic acids is 1. The molecule has 0 radical (unpaired) electrons. The van der Waals surface area contributed by atoms with Gasteiger partial charge in [0.1, 0.15) is 17.3 Å². The Bertz CT molecular complexity index is 1100. The van der Waals surface area contributed by atoms with Crippen molar-refractivity contribution in [2.24, 2.45) is 34.0 Å². The molecule has 1 N–H and O–H groups in total. The SMILES string of the molecule is C=CCO[C@H]1CCC2=C(O1)[C@@]13COC4(OC(C)(C)OC5[C@H]6CC[C@@H]1[C@]54C(=O)C6=C)[C@@H](O)[C@@H]3C(C)(C)C2. The average Bonchev–Trinajstić information content (AvgIpc) is 2.93. The lowest BCUT2D eigenvalue weighted by atomic mass is 9.36. The second kappa shape index (κ2) is 6.92. The standard InChI is InChI=1S/C29H38O7/c1-7-12-32-19-11-8-16-13-25(3,4)20-22(31)29-28-18(27(20,14-33-29)23(16)34-19)10-9-17(15(2)21(28)30)24(28)35-26(5,6)36-29/h7,17-20,22,24,31H,1-2,8-14H2,3-6H3/t17-,18-,19+,20+,22-,24?,27-,28-,29?/m0/s1. The van der Waals surface area contributed by atoms with Crippen LogP contribution in [-0.4, -0.2) is 54.2 Å². The highest BCUT2D eigenvalue weighted by Gasteiger charge is 2.90. The van der Waals surface area contributed by atoms with Crippen LogP contribution in [0.15, 0.2) is 36.1 Å². The van der Waals surface area contributed by atoms with Gasteiger partial charge in [0.05, 0.1) is 24.7 Å². The first-order chi connectivity index (χ1) is 17.0. The van der Waals surface area contributed by atoms with Crippen molar-refractivity contribution in [2.45, 2.75) is 89.9 Å². The third kappa shape index (κ3) is 2.37. The minimum Gasteiger partial charge on any atom is -0.469 e. The van der Waals surface area contributed by atoms with E-state index in [0.29, 0.717) is 18.8 Å². The fourth-order valence-electron chi connectivity index (χ4n) is 9.94. The van der Waals surface area contributed by atoms with Crippen molar-refractivity contribution in [3.05, 3.63) is 36.1 Å². The molecule has 0 aromatic heterocycles. The monoisotopic (exact) mass is 498 g/mol. The van der Waals surface area contributed by atoms with Crippen LogP contribution in [0, 0.1) is 34.0 Å². The first kappa shape index (κ1) is 23.6. The van der Waals surface area contributed by atoms with Crippen LogP contribution < -0.4 is 0 Å². The highest BCUT2D eigenvalue weighted by Crippen LogP contribution is 2.80. The van der Waals surface area contributed by atoms with Gasteiger partial charge in [-0.3, -0.25) is 4.79 Å². The van der Waals surface area contributed by atoms with E-state index in [-0.39, 0.29) is 35.2 Å². The molecule has 2 unspecified atom stereocenters. The van der Waals surface area contributed by atoms with Crippen LogP contribution in [0.5, 0.6) is 0 Å². The van der Waals surface area contributed by atoms with Gasteiger partial charge >= 0.3 is 0 Å². The smallest absolute Gasteiger partial charge is 0.213 e. The Kier molecular flexibility index (Phi) is 4.53. The molecule has 4 aliphatic heterocycles. The molecular weight excluding hydrogens is 460 g/mol. The fourth-order valence-corrected chi connectivity index (χ4v) is 9.94. The molecule has 4 bridgehead atoms. The van der Waals surface area contributed by atoms with Gasteiger partial charge in [-0.1, -0.05) is 26.5 Å². The van der Waals surface area contributed by atoms with Crippen molar-refractivity contribution in [1.82, 2.24) is 0 Å². The summed E-state index contributed by atoms with van der Waals surface area (Å²) in [4.78, 5) is 14.4. The Labute approximate surface area is 212 Å². The van der Waals surface area contributed by atoms with Gasteiger partial charge in [-0.05, 0) is 62.0 Å². The highest BCUT2D eigenvalue weighted by molar-refractivity contribution is 6.05. The molecule has 0 amide bonds. The van der Waals surface area contributed by atoms with Crippen LogP contribution in [0.2, 0.25) is 0 Å². The second-order valence-electron chi connectivity index (χ2n) is 13.2. The molecule has 36 heavy (non-hydrogen) atoms. The summed E-state index contributed by atoms with van der Waals surface area (Å²) in [5.74, 6) is -2.13. The topological polar surface area (TPSA) is 83.5 Å². The zero-order chi connectivity index (χ0) is 25.5. The second-order valence-corrected chi connectivity index (χ2v) is 13.2. The number of Topliss-reactive ketones (excluding diaryl/α,β-unsaturated/α-hetero) is 1. The van der Waals surface area contributed by atoms with Crippen LogP contribution in [0.25, 0.3) is 0 Å².